The van der Waals surface area contributed by atoms with E-state index in [-0.39, 0.29) is 5.75 Å². The Hall–Kier alpha value is -4.39. The third-order valence-corrected chi connectivity index (χ3v) is 5.03. The van der Waals surface area contributed by atoms with Crippen LogP contribution in [0.4, 0.5) is 5.95 Å². The number of methoxy groups -OCH3 is 2. The number of anilines is 1. The summed E-state index contributed by atoms with van der Waals surface area (Å²) in [6, 6.07) is 25.2. The van der Waals surface area contributed by atoms with Crippen LogP contribution < -0.4 is 14.5 Å². The zero-order valence-corrected chi connectivity index (χ0v) is 18.6. The lowest BCUT2D eigenvalue weighted by Crippen LogP contribution is -2.13. The molecule has 0 fully saturated rings. The second-order valence-corrected chi connectivity index (χ2v) is 7.21. The number of hydrogen-bond acceptors (Lipinski definition) is 7. The molecule has 0 atom stereocenters. The number of hydrazone groups is 1. The Kier molecular flexibility index (Phi) is 6.50. The van der Waals surface area contributed by atoms with Crippen molar-refractivity contribution < 1.29 is 14.6 Å². The van der Waals surface area contributed by atoms with E-state index in [9.17, 15) is 5.11 Å². The Bertz CT molecular complexity index is 1180. The maximum Gasteiger partial charge on any atom is 0.247 e. The molecule has 3 aromatic carbocycles. The Morgan fingerprint density at radius 1 is 0.788 bits per heavy atom. The maximum atomic E-state index is 10.1. The zero-order valence-electron chi connectivity index (χ0n) is 18.6. The minimum Gasteiger partial charge on any atom is -0.502 e. The van der Waals surface area contributed by atoms with Crippen molar-refractivity contribution in [2.24, 2.45) is 5.10 Å². The summed E-state index contributed by atoms with van der Waals surface area (Å²) in [7, 11) is 4.75. The summed E-state index contributed by atoms with van der Waals surface area (Å²) in [4.78, 5) is 9.47. The van der Waals surface area contributed by atoms with E-state index in [1.54, 1.807) is 30.4 Å². The fourth-order valence-electron chi connectivity index (χ4n) is 3.29. The molecule has 1 N–H and O–H groups in total. The van der Waals surface area contributed by atoms with Crippen LogP contribution >= 0.6 is 0 Å². The Labute approximate surface area is 192 Å². The number of nitrogens with zero attached hydrogens (tertiary/aromatic N) is 4. The van der Waals surface area contributed by atoms with Gasteiger partial charge in [-0.15, -0.1) is 0 Å². The van der Waals surface area contributed by atoms with E-state index < -0.39 is 0 Å². The molecule has 7 heteroatoms. The van der Waals surface area contributed by atoms with Gasteiger partial charge in [-0.3, -0.25) is 0 Å². The molecule has 4 rings (SSSR count). The second-order valence-electron chi connectivity index (χ2n) is 7.21. The highest BCUT2D eigenvalue weighted by atomic mass is 16.5. The Morgan fingerprint density at radius 3 is 1.73 bits per heavy atom. The third kappa shape index (κ3) is 4.93. The van der Waals surface area contributed by atoms with E-state index in [1.807, 2.05) is 66.7 Å². The molecule has 33 heavy (non-hydrogen) atoms. The molecule has 0 aliphatic heterocycles. The van der Waals surface area contributed by atoms with Crippen LogP contribution in [0.25, 0.3) is 22.5 Å². The highest BCUT2D eigenvalue weighted by molar-refractivity contribution is 5.83. The molecular formula is C26H24N4O3. The van der Waals surface area contributed by atoms with Crippen molar-refractivity contribution in [1.29, 1.82) is 0 Å². The van der Waals surface area contributed by atoms with Crippen molar-refractivity contribution in [3.05, 3.63) is 84.4 Å². The van der Waals surface area contributed by atoms with Crippen molar-refractivity contribution in [1.82, 2.24) is 9.97 Å². The molecular weight excluding hydrogens is 416 g/mol. The number of hydrogen-bond donors (Lipinski definition) is 1. The number of aromatic hydroxyl groups is 1. The smallest absolute Gasteiger partial charge is 0.247 e. The number of benzene rings is 3. The normalized spacial score (nSPS) is 10.9. The molecule has 4 aromatic rings. The molecule has 0 aliphatic carbocycles. The topological polar surface area (TPSA) is 80.1 Å². The first-order valence-electron chi connectivity index (χ1n) is 10.3. The van der Waals surface area contributed by atoms with Gasteiger partial charge < -0.3 is 14.6 Å². The lowest BCUT2D eigenvalue weighted by Gasteiger charge is -2.14. The van der Waals surface area contributed by atoms with Gasteiger partial charge in [0.2, 0.25) is 11.7 Å². The van der Waals surface area contributed by atoms with Crippen LogP contribution in [-0.2, 0) is 0 Å². The molecule has 7 nitrogen and oxygen atoms in total. The molecule has 1 aromatic heterocycles. The van der Waals surface area contributed by atoms with Crippen LogP contribution in [0.1, 0.15) is 5.56 Å². The average Bonchev–Trinajstić information content (AvgIpc) is 2.88. The maximum absolute atomic E-state index is 10.1. The van der Waals surface area contributed by atoms with Crippen LogP contribution in [0.3, 0.4) is 0 Å². The number of aromatic nitrogens is 2. The van der Waals surface area contributed by atoms with Gasteiger partial charge in [0.25, 0.3) is 0 Å². The summed E-state index contributed by atoms with van der Waals surface area (Å²) in [6.45, 7) is 0. The van der Waals surface area contributed by atoms with E-state index in [0.29, 0.717) is 23.0 Å². The SMILES string of the molecule is COc1cc(/C=N/N(C)c2nc(-c3ccccc3)cc(-c3ccccc3)n2)cc(OC)c1O. The first-order valence-corrected chi connectivity index (χ1v) is 10.3. The van der Waals surface area contributed by atoms with Gasteiger partial charge >= 0.3 is 0 Å². The molecule has 0 unspecified atom stereocenters. The standard InChI is InChI=1S/C26H24N4O3/c1-30(27-17-18-14-23(32-2)25(31)24(15-18)33-3)26-28-21(19-10-6-4-7-11-19)16-22(29-26)20-12-8-5-9-13-20/h4-17,31H,1-3H3/b27-17+. The highest BCUT2D eigenvalue weighted by Gasteiger charge is 2.13. The van der Waals surface area contributed by atoms with Crippen molar-refractivity contribution in [3.8, 4) is 39.8 Å². The quantitative estimate of drug-likeness (QED) is 0.322. The van der Waals surface area contributed by atoms with E-state index in [0.717, 1.165) is 22.5 Å². The van der Waals surface area contributed by atoms with E-state index in [4.69, 9.17) is 19.4 Å². The minimum absolute atomic E-state index is 0.0584. The Balaban J connectivity index is 1.72. The van der Waals surface area contributed by atoms with E-state index in [1.165, 1.54) is 14.2 Å². The molecule has 1 heterocycles. The highest BCUT2D eigenvalue weighted by Crippen LogP contribution is 2.36. The first-order chi connectivity index (χ1) is 16.1. The van der Waals surface area contributed by atoms with Crippen LogP contribution in [0.2, 0.25) is 0 Å². The van der Waals surface area contributed by atoms with Gasteiger partial charge in [0, 0.05) is 23.7 Å². The average molecular weight is 441 g/mol. The second kappa shape index (κ2) is 9.82. The van der Waals surface area contributed by atoms with Crippen LogP contribution in [0.5, 0.6) is 17.2 Å². The third-order valence-electron chi connectivity index (χ3n) is 5.03. The monoisotopic (exact) mass is 440 g/mol. The molecule has 0 spiro atoms. The summed E-state index contributed by atoms with van der Waals surface area (Å²) in [5.74, 6) is 0.986. The lowest BCUT2D eigenvalue weighted by molar-refractivity contribution is 0.340. The number of phenols is 1. The molecule has 0 amide bonds. The zero-order chi connectivity index (χ0) is 23.2. The van der Waals surface area contributed by atoms with Gasteiger partial charge in [-0.2, -0.15) is 5.10 Å². The van der Waals surface area contributed by atoms with Crippen LogP contribution in [-0.4, -0.2) is 42.6 Å². The largest absolute Gasteiger partial charge is 0.502 e. The van der Waals surface area contributed by atoms with E-state index >= 15 is 0 Å². The van der Waals surface area contributed by atoms with Crippen molar-refractivity contribution in [3.63, 3.8) is 0 Å². The molecule has 0 saturated heterocycles. The lowest BCUT2D eigenvalue weighted by atomic mass is 10.1. The van der Waals surface area contributed by atoms with Gasteiger partial charge in [-0.05, 0) is 18.2 Å². The van der Waals surface area contributed by atoms with Gasteiger partial charge in [0.05, 0.1) is 31.8 Å². The minimum atomic E-state index is -0.0584. The fraction of sp³-hybridized carbons (Fsp3) is 0.115. The summed E-state index contributed by atoms with van der Waals surface area (Å²) >= 11 is 0. The van der Waals surface area contributed by atoms with Crippen LogP contribution in [0, 0.1) is 0 Å². The number of rotatable bonds is 7. The predicted molar refractivity (Wildman–Crippen MR) is 130 cm³/mol. The van der Waals surface area contributed by atoms with Gasteiger partial charge in [-0.1, -0.05) is 60.7 Å². The molecule has 0 radical (unpaired) electrons. The summed E-state index contributed by atoms with van der Waals surface area (Å²) in [5, 5.41) is 16.2. The molecule has 166 valence electrons. The summed E-state index contributed by atoms with van der Waals surface area (Å²) in [6.07, 6.45) is 1.63. The van der Waals surface area contributed by atoms with Crippen molar-refractivity contribution in [2.75, 3.05) is 26.3 Å². The summed E-state index contributed by atoms with van der Waals surface area (Å²) < 4.78 is 10.4. The molecule has 0 saturated carbocycles. The first kappa shape index (κ1) is 21.8. The van der Waals surface area contributed by atoms with Gasteiger partial charge in [0.1, 0.15) is 0 Å². The predicted octanol–water partition coefficient (Wildman–Crippen LogP) is 5.00. The number of phenolic OH excluding ortho intramolecular Hbond substituents is 1. The van der Waals surface area contributed by atoms with E-state index in [2.05, 4.69) is 5.10 Å². The van der Waals surface area contributed by atoms with Crippen molar-refractivity contribution in [2.45, 2.75) is 0 Å². The van der Waals surface area contributed by atoms with Crippen molar-refractivity contribution >= 4 is 12.2 Å². The summed E-state index contributed by atoms with van der Waals surface area (Å²) in [5.41, 5.74) is 4.27. The van der Waals surface area contributed by atoms with Crippen LogP contribution in [0.15, 0.2) is 84.0 Å². The van der Waals surface area contributed by atoms with Gasteiger partial charge in [-0.25, -0.2) is 15.0 Å². The van der Waals surface area contributed by atoms with Gasteiger partial charge in [0.15, 0.2) is 11.5 Å². The molecule has 0 bridgehead atoms. The fourth-order valence-corrected chi connectivity index (χ4v) is 3.29. The Morgan fingerprint density at radius 2 is 1.27 bits per heavy atom. The molecule has 0 aliphatic rings. The number of ether oxygens (including phenoxy) is 2.